The third-order valence-electron chi connectivity index (χ3n) is 7.61. The number of halogens is 1. The summed E-state index contributed by atoms with van der Waals surface area (Å²) in [5.74, 6) is 0.205. The number of methoxy groups -OCH3 is 1. The lowest BCUT2D eigenvalue weighted by Gasteiger charge is -2.38. The molecule has 4 rings (SSSR count). The minimum absolute atomic E-state index is 0.0619. The molecule has 36 heavy (non-hydrogen) atoms. The van der Waals surface area contributed by atoms with Crippen LogP contribution < -0.4 is 4.74 Å². The summed E-state index contributed by atoms with van der Waals surface area (Å²) in [5, 5.41) is 10.3. The molecule has 1 saturated heterocycles. The third kappa shape index (κ3) is 6.84. The number of fused-ring (bicyclic) bond motifs is 1. The number of aliphatic carboxylic acids is 1. The highest BCUT2D eigenvalue weighted by atomic mass is 19.1. The number of likely N-dealkylation sites (tertiary alicyclic amines) is 1. The molecule has 3 atom stereocenters. The molecule has 0 radical (unpaired) electrons. The zero-order valence-electron chi connectivity index (χ0n) is 21.4. The number of benzene rings is 1. The van der Waals surface area contributed by atoms with Gasteiger partial charge in [0.25, 0.3) is 0 Å². The highest BCUT2D eigenvalue weighted by Gasteiger charge is 2.31. The van der Waals surface area contributed by atoms with E-state index >= 15 is 4.39 Å². The van der Waals surface area contributed by atoms with Crippen molar-refractivity contribution in [2.24, 2.45) is 18.9 Å². The number of rotatable bonds is 12. The molecule has 2 aromatic heterocycles. The van der Waals surface area contributed by atoms with Crippen molar-refractivity contribution in [3.63, 3.8) is 0 Å². The SMILES string of the molecule is COc1ccc2nccc(C(F)CC[C@@H]3CCN(CCCCc4ccn(C)c4)C[C@@H]3CC(=O)O)c2c1. The first-order valence-corrected chi connectivity index (χ1v) is 13.0. The van der Waals surface area contributed by atoms with Crippen LogP contribution in [0.4, 0.5) is 4.39 Å². The molecule has 1 aromatic carbocycles. The van der Waals surface area contributed by atoms with E-state index in [1.807, 2.05) is 25.2 Å². The van der Waals surface area contributed by atoms with E-state index in [0.29, 0.717) is 24.2 Å². The maximum Gasteiger partial charge on any atom is 0.303 e. The van der Waals surface area contributed by atoms with Crippen molar-refractivity contribution < 1.29 is 19.0 Å². The Bertz CT molecular complexity index is 1150. The fraction of sp³-hybridized carbons (Fsp3) is 0.517. The number of unbranched alkanes of at least 4 members (excludes halogenated alkanes) is 1. The summed E-state index contributed by atoms with van der Waals surface area (Å²) in [4.78, 5) is 18.4. The molecule has 3 aromatic rings. The molecule has 194 valence electrons. The summed E-state index contributed by atoms with van der Waals surface area (Å²) in [6.07, 6.45) is 10.2. The van der Waals surface area contributed by atoms with Gasteiger partial charge in [0.2, 0.25) is 0 Å². The van der Waals surface area contributed by atoms with E-state index in [9.17, 15) is 9.90 Å². The Kier molecular flexibility index (Phi) is 8.97. The van der Waals surface area contributed by atoms with E-state index in [0.717, 1.165) is 56.2 Å². The van der Waals surface area contributed by atoms with Crippen molar-refractivity contribution >= 4 is 16.9 Å². The minimum Gasteiger partial charge on any atom is -0.497 e. The normalized spacial score (nSPS) is 19.4. The predicted molar refractivity (Wildman–Crippen MR) is 140 cm³/mol. The van der Waals surface area contributed by atoms with Crippen LogP contribution in [-0.2, 0) is 18.3 Å². The van der Waals surface area contributed by atoms with Crippen LogP contribution in [0.5, 0.6) is 5.75 Å². The van der Waals surface area contributed by atoms with Crippen LogP contribution in [0, 0.1) is 11.8 Å². The molecular weight excluding hydrogens is 457 g/mol. The van der Waals surface area contributed by atoms with Gasteiger partial charge in [-0.25, -0.2) is 4.39 Å². The Morgan fingerprint density at radius 3 is 2.86 bits per heavy atom. The summed E-state index contributed by atoms with van der Waals surface area (Å²) in [5.41, 5.74) is 2.74. The van der Waals surface area contributed by atoms with Gasteiger partial charge in [-0.2, -0.15) is 0 Å². The zero-order chi connectivity index (χ0) is 25.5. The van der Waals surface area contributed by atoms with Crippen LogP contribution in [0.1, 0.15) is 55.8 Å². The molecule has 0 saturated carbocycles. The molecule has 1 aliphatic heterocycles. The lowest BCUT2D eigenvalue weighted by molar-refractivity contribution is -0.139. The van der Waals surface area contributed by atoms with Crippen molar-refractivity contribution in [2.75, 3.05) is 26.7 Å². The lowest BCUT2D eigenvalue weighted by atomic mass is 9.79. The van der Waals surface area contributed by atoms with Gasteiger partial charge in [-0.15, -0.1) is 0 Å². The van der Waals surface area contributed by atoms with Crippen molar-refractivity contribution in [1.29, 1.82) is 0 Å². The molecule has 0 bridgehead atoms. The van der Waals surface area contributed by atoms with Crippen LogP contribution in [0.25, 0.3) is 10.9 Å². The molecule has 1 unspecified atom stereocenters. The van der Waals surface area contributed by atoms with E-state index in [1.165, 1.54) is 5.56 Å². The van der Waals surface area contributed by atoms with Crippen LogP contribution in [0.15, 0.2) is 48.9 Å². The fourth-order valence-electron chi connectivity index (χ4n) is 5.63. The third-order valence-corrected chi connectivity index (χ3v) is 7.61. The van der Waals surface area contributed by atoms with E-state index < -0.39 is 12.1 Å². The smallest absolute Gasteiger partial charge is 0.303 e. The average molecular weight is 496 g/mol. The van der Waals surface area contributed by atoms with Gasteiger partial charge in [0.1, 0.15) is 11.9 Å². The van der Waals surface area contributed by atoms with Gasteiger partial charge >= 0.3 is 5.97 Å². The summed E-state index contributed by atoms with van der Waals surface area (Å²) in [6.45, 7) is 2.74. The summed E-state index contributed by atoms with van der Waals surface area (Å²) in [7, 11) is 3.64. The first-order chi connectivity index (χ1) is 17.4. The molecule has 0 aliphatic carbocycles. The van der Waals surface area contributed by atoms with Gasteiger partial charge in [-0.3, -0.25) is 9.78 Å². The summed E-state index contributed by atoms with van der Waals surface area (Å²) >= 11 is 0. The number of hydrogen-bond donors (Lipinski definition) is 1. The predicted octanol–water partition coefficient (Wildman–Crippen LogP) is 5.81. The minimum atomic E-state index is -1.12. The first kappa shape index (κ1) is 26.1. The van der Waals surface area contributed by atoms with Crippen molar-refractivity contribution in [1.82, 2.24) is 14.5 Å². The maximum absolute atomic E-state index is 15.5. The van der Waals surface area contributed by atoms with Crippen LogP contribution in [0.3, 0.4) is 0 Å². The molecule has 1 aliphatic rings. The Hall–Kier alpha value is -2.93. The van der Waals surface area contributed by atoms with Crippen LogP contribution in [0.2, 0.25) is 0 Å². The number of nitrogens with zero attached hydrogens (tertiary/aromatic N) is 3. The standard InChI is InChI=1S/C29H38FN3O3/c1-32-15-11-21(19-32)5-3-4-14-33-16-12-22(23(20-33)17-29(34)35)6-8-27(30)25-10-13-31-28-9-7-24(36-2)18-26(25)28/h7,9-11,13,15,18-19,22-23,27H,3-6,8,12,14,16-17,20H2,1-2H3,(H,34,35)/t22-,23+,27?/m1/s1. The van der Waals surface area contributed by atoms with E-state index in [1.54, 1.807) is 19.4 Å². The van der Waals surface area contributed by atoms with Gasteiger partial charge in [-0.05, 0) is 105 Å². The summed E-state index contributed by atoms with van der Waals surface area (Å²) in [6, 6.07) is 9.44. The van der Waals surface area contributed by atoms with Gasteiger partial charge in [0.05, 0.1) is 12.6 Å². The number of piperidine rings is 1. The maximum atomic E-state index is 15.5. The van der Waals surface area contributed by atoms with Gasteiger partial charge in [0.15, 0.2) is 0 Å². The highest BCUT2D eigenvalue weighted by Crippen LogP contribution is 2.36. The van der Waals surface area contributed by atoms with Gasteiger partial charge in [-0.1, -0.05) is 0 Å². The van der Waals surface area contributed by atoms with Gasteiger partial charge in [0, 0.05) is 44.0 Å². The van der Waals surface area contributed by atoms with E-state index in [4.69, 9.17) is 4.74 Å². The average Bonchev–Trinajstić information content (AvgIpc) is 3.29. The largest absolute Gasteiger partial charge is 0.497 e. The lowest BCUT2D eigenvalue weighted by Crippen LogP contribution is -2.41. The second kappa shape index (κ2) is 12.3. The van der Waals surface area contributed by atoms with Crippen molar-refractivity contribution in [3.8, 4) is 5.75 Å². The number of alkyl halides is 1. The second-order valence-electron chi connectivity index (χ2n) is 10.2. The zero-order valence-corrected chi connectivity index (χ0v) is 21.4. The molecule has 1 fully saturated rings. The molecule has 0 spiro atoms. The van der Waals surface area contributed by atoms with Crippen LogP contribution in [-0.4, -0.2) is 52.3 Å². The number of carbonyl (C=O) groups is 1. The van der Waals surface area contributed by atoms with Gasteiger partial charge < -0.3 is 19.3 Å². The monoisotopic (exact) mass is 495 g/mol. The molecule has 6 nitrogen and oxygen atoms in total. The first-order valence-electron chi connectivity index (χ1n) is 13.0. The second-order valence-corrected chi connectivity index (χ2v) is 10.2. The highest BCUT2D eigenvalue weighted by molar-refractivity contribution is 5.83. The van der Waals surface area contributed by atoms with E-state index in [2.05, 4.69) is 32.9 Å². The molecule has 0 amide bonds. The summed E-state index contributed by atoms with van der Waals surface area (Å²) < 4.78 is 22.9. The number of pyridine rings is 1. The molecule has 1 N–H and O–H groups in total. The topological polar surface area (TPSA) is 67.6 Å². The van der Waals surface area contributed by atoms with Crippen molar-refractivity contribution in [2.45, 2.75) is 51.1 Å². The Morgan fingerprint density at radius 2 is 2.11 bits per heavy atom. The fourth-order valence-corrected chi connectivity index (χ4v) is 5.63. The number of carboxylic acids is 1. The number of aromatic nitrogens is 2. The number of hydrogen-bond acceptors (Lipinski definition) is 4. The number of carboxylic acid groups (broad SMARTS) is 1. The molecular formula is C29H38FN3O3. The van der Waals surface area contributed by atoms with E-state index in [-0.39, 0.29) is 18.3 Å². The Labute approximate surface area is 213 Å². The van der Waals surface area contributed by atoms with Crippen LogP contribution >= 0.6 is 0 Å². The Balaban J connectivity index is 1.31. The van der Waals surface area contributed by atoms with Crippen molar-refractivity contribution in [3.05, 3.63) is 60.0 Å². The Morgan fingerprint density at radius 1 is 1.25 bits per heavy atom. The molecule has 3 heterocycles. The molecule has 7 heteroatoms. The number of ether oxygens (including phenoxy) is 1. The number of aryl methyl sites for hydroxylation is 2. The quantitative estimate of drug-likeness (QED) is 0.321.